The van der Waals surface area contributed by atoms with E-state index in [0.717, 1.165) is 55.3 Å². The van der Waals surface area contributed by atoms with Gasteiger partial charge in [-0.3, -0.25) is 0 Å². The molecule has 0 atom stereocenters. The Morgan fingerprint density at radius 1 is 0.317 bits per heavy atom. The molecular weight excluding hydrogens is 727 g/mol. The molecule has 0 aliphatic heterocycles. The quantitative estimate of drug-likeness (QED) is 0.157. The van der Waals surface area contributed by atoms with Crippen LogP contribution in [0.1, 0.15) is 0 Å². The maximum Gasteiger partial charge on any atom is 0.143 e. The highest BCUT2D eigenvalue weighted by atomic mass is 16.3. The summed E-state index contributed by atoms with van der Waals surface area (Å²) in [5, 5.41) is 11.8. The Morgan fingerprint density at radius 3 is 1.65 bits per heavy atom. The van der Waals surface area contributed by atoms with Crippen LogP contribution in [0.4, 0.5) is 17.1 Å². The second-order valence-corrected chi connectivity index (χ2v) is 15.6. The molecule has 0 saturated carbocycles. The van der Waals surface area contributed by atoms with Crippen molar-refractivity contribution in [1.29, 1.82) is 0 Å². The van der Waals surface area contributed by atoms with E-state index in [4.69, 9.17) is 4.42 Å². The molecule has 60 heavy (non-hydrogen) atoms. The first kappa shape index (κ1) is 34.1. The monoisotopic (exact) mass is 763 g/mol. The van der Waals surface area contributed by atoms with Crippen molar-refractivity contribution in [1.82, 2.24) is 0 Å². The molecule has 11 aromatic carbocycles. The van der Waals surface area contributed by atoms with E-state index in [1.807, 2.05) is 0 Å². The molecule has 0 unspecified atom stereocenters. The highest BCUT2D eigenvalue weighted by Crippen LogP contribution is 2.49. The lowest BCUT2D eigenvalue weighted by molar-refractivity contribution is 0.672. The van der Waals surface area contributed by atoms with E-state index in [-0.39, 0.29) is 0 Å². The molecular formula is C58H37NO. The van der Waals surface area contributed by atoms with Crippen LogP contribution >= 0.6 is 0 Å². The largest absolute Gasteiger partial charge is 0.455 e. The van der Waals surface area contributed by atoms with Crippen LogP contribution in [0.5, 0.6) is 0 Å². The van der Waals surface area contributed by atoms with Gasteiger partial charge in [0.15, 0.2) is 0 Å². The zero-order valence-electron chi connectivity index (χ0n) is 32.7. The van der Waals surface area contributed by atoms with E-state index >= 15 is 0 Å². The zero-order chi connectivity index (χ0) is 39.6. The van der Waals surface area contributed by atoms with Crippen LogP contribution in [-0.2, 0) is 0 Å². The lowest BCUT2D eigenvalue weighted by Gasteiger charge is -2.28. The van der Waals surface area contributed by atoms with Crippen molar-refractivity contribution in [3.05, 3.63) is 224 Å². The minimum absolute atomic E-state index is 0.859. The lowest BCUT2D eigenvalue weighted by Crippen LogP contribution is -2.10. The summed E-state index contributed by atoms with van der Waals surface area (Å²) in [6, 6.07) is 81.3. The fourth-order valence-corrected chi connectivity index (χ4v) is 9.57. The third kappa shape index (κ3) is 5.42. The summed E-state index contributed by atoms with van der Waals surface area (Å²) >= 11 is 0. The summed E-state index contributed by atoms with van der Waals surface area (Å²) in [6.45, 7) is 0. The molecule has 1 heterocycles. The maximum atomic E-state index is 6.80. The number of furan rings is 1. The number of fused-ring (bicyclic) bond motifs is 9. The van der Waals surface area contributed by atoms with Gasteiger partial charge in [-0.2, -0.15) is 0 Å². The van der Waals surface area contributed by atoms with Gasteiger partial charge in [-0.25, -0.2) is 0 Å². The smallest absolute Gasteiger partial charge is 0.143 e. The summed E-state index contributed by atoms with van der Waals surface area (Å²) in [5.41, 5.74) is 12.2. The van der Waals surface area contributed by atoms with Gasteiger partial charge in [-0.1, -0.05) is 182 Å². The number of nitrogens with zero attached hydrogens (tertiary/aromatic N) is 1. The van der Waals surface area contributed by atoms with E-state index in [1.54, 1.807) is 0 Å². The van der Waals surface area contributed by atoms with E-state index in [0.29, 0.717) is 0 Å². The zero-order valence-corrected chi connectivity index (χ0v) is 32.7. The molecule has 0 radical (unpaired) electrons. The van der Waals surface area contributed by atoms with Crippen molar-refractivity contribution >= 4 is 82.1 Å². The predicted octanol–water partition coefficient (Wildman–Crippen LogP) is 16.7. The van der Waals surface area contributed by atoms with Crippen LogP contribution in [0.15, 0.2) is 229 Å². The lowest BCUT2D eigenvalue weighted by atomic mass is 9.85. The summed E-state index contributed by atoms with van der Waals surface area (Å²) in [7, 11) is 0. The average Bonchev–Trinajstić information content (AvgIpc) is 3.72. The second-order valence-electron chi connectivity index (χ2n) is 15.6. The molecule has 0 saturated heterocycles. The van der Waals surface area contributed by atoms with Crippen LogP contribution in [0.3, 0.4) is 0 Å². The van der Waals surface area contributed by atoms with Gasteiger partial charge in [-0.15, -0.1) is 0 Å². The molecule has 0 N–H and O–H groups in total. The molecule has 0 fully saturated rings. The number of anilines is 3. The van der Waals surface area contributed by atoms with E-state index in [1.165, 1.54) is 60.1 Å². The van der Waals surface area contributed by atoms with Crippen LogP contribution in [0, 0.1) is 0 Å². The van der Waals surface area contributed by atoms with Crippen molar-refractivity contribution in [3.8, 4) is 33.4 Å². The maximum absolute atomic E-state index is 6.80. The van der Waals surface area contributed by atoms with Gasteiger partial charge >= 0.3 is 0 Å². The Balaban J connectivity index is 1.18. The van der Waals surface area contributed by atoms with Crippen molar-refractivity contribution in [2.24, 2.45) is 0 Å². The Bertz CT molecular complexity index is 3600. The number of hydrogen-bond donors (Lipinski definition) is 0. The first-order valence-corrected chi connectivity index (χ1v) is 20.6. The molecule has 2 nitrogen and oxygen atoms in total. The van der Waals surface area contributed by atoms with Crippen LogP contribution < -0.4 is 4.90 Å². The fourth-order valence-electron chi connectivity index (χ4n) is 9.57. The summed E-state index contributed by atoms with van der Waals surface area (Å²) in [6.07, 6.45) is 0. The fraction of sp³-hybridized carbons (Fsp3) is 0. The van der Waals surface area contributed by atoms with Gasteiger partial charge in [0.05, 0.1) is 11.1 Å². The molecule has 1 aromatic heterocycles. The highest BCUT2D eigenvalue weighted by molar-refractivity contribution is 6.23. The van der Waals surface area contributed by atoms with Gasteiger partial charge in [0.2, 0.25) is 0 Å². The summed E-state index contributed by atoms with van der Waals surface area (Å²) in [4.78, 5) is 2.44. The van der Waals surface area contributed by atoms with Gasteiger partial charge < -0.3 is 9.32 Å². The Labute approximate surface area is 347 Å². The van der Waals surface area contributed by atoms with E-state index in [2.05, 4.69) is 229 Å². The van der Waals surface area contributed by atoms with Crippen molar-refractivity contribution in [2.45, 2.75) is 0 Å². The SMILES string of the molecule is c1ccc(-c2c(-c3ccccc3)c3cc(N(c4cccc(-c5cccc6ccccc56)c4)c4cccc5oc6c7ccccc7ccc6c45)ccc3c3ccccc23)cc1. The third-order valence-electron chi connectivity index (χ3n) is 12.2. The van der Waals surface area contributed by atoms with Gasteiger partial charge in [0.1, 0.15) is 11.2 Å². The van der Waals surface area contributed by atoms with Gasteiger partial charge in [-0.05, 0) is 114 Å². The van der Waals surface area contributed by atoms with Gasteiger partial charge in [0.25, 0.3) is 0 Å². The van der Waals surface area contributed by atoms with Crippen molar-refractivity contribution in [3.63, 3.8) is 0 Å². The first-order valence-electron chi connectivity index (χ1n) is 20.6. The molecule has 12 rings (SSSR count). The van der Waals surface area contributed by atoms with Crippen LogP contribution in [-0.4, -0.2) is 0 Å². The molecule has 0 bridgehead atoms. The molecule has 0 aliphatic rings. The molecule has 0 amide bonds. The van der Waals surface area contributed by atoms with E-state index in [9.17, 15) is 0 Å². The van der Waals surface area contributed by atoms with Gasteiger partial charge in [0, 0.05) is 22.1 Å². The average molecular weight is 764 g/mol. The second kappa shape index (κ2) is 13.9. The Hall–Kier alpha value is -7.94. The minimum atomic E-state index is 0.859. The topological polar surface area (TPSA) is 16.4 Å². The molecule has 0 spiro atoms. The molecule has 280 valence electrons. The number of hydrogen-bond acceptors (Lipinski definition) is 2. The summed E-state index contributed by atoms with van der Waals surface area (Å²) in [5.74, 6) is 0. The van der Waals surface area contributed by atoms with Crippen LogP contribution in [0.2, 0.25) is 0 Å². The first-order chi connectivity index (χ1) is 29.8. The number of rotatable bonds is 6. The van der Waals surface area contributed by atoms with Crippen molar-refractivity contribution in [2.75, 3.05) is 4.90 Å². The third-order valence-corrected chi connectivity index (χ3v) is 12.2. The predicted molar refractivity (Wildman–Crippen MR) is 255 cm³/mol. The summed E-state index contributed by atoms with van der Waals surface area (Å²) < 4.78 is 6.80. The molecule has 0 aliphatic carbocycles. The van der Waals surface area contributed by atoms with Crippen molar-refractivity contribution < 1.29 is 4.42 Å². The Kier molecular flexibility index (Phi) is 7.89. The Morgan fingerprint density at radius 2 is 0.867 bits per heavy atom. The number of benzene rings is 11. The normalized spacial score (nSPS) is 11.7. The van der Waals surface area contributed by atoms with Crippen LogP contribution in [0.25, 0.3) is 98.4 Å². The molecule has 12 aromatic rings. The molecule has 2 heteroatoms. The highest BCUT2D eigenvalue weighted by Gasteiger charge is 2.23. The standard InChI is InChI=1S/C58H37NO/c1-3-18-40(19-4-1)55-50-28-12-11-27-48(50)49-35-33-44(37-52(49)56(55)41-20-5-2-6-21-41)59(43-24-13-23-42(36-43)46-29-14-22-38-16-7-9-25-45(38)46)53-30-15-31-54-57(53)51-34-32-39-17-8-10-26-47(39)58(51)60-54/h1-37H. The van der Waals surface area contributed by atoms with E-state index < -0.39 is 0 Å². The minimum Gasteiger partial charge on any atom is -0.455 e.